The number of nitrogens with zero attached hydrogens (tertiary/aromatic N) is 2. The monoisotopic (exact) mass is 301 g/mol. The van der Waals surface area contributed by atoms with Gasteiger partial charge in [0.1, 0.15) is 5.82 Å². The van der Waals surface area contributed by atoms with Crippen LogP contribution in [0.3, 0.4) is 0 Å². The van der Waals surface area contributed by atoms with Crippen LogP contribution in [0.4, 0.5) is 4.39 Å². The Bertz CT molecular complexity index is 657. The molecule has 0 spiro atoms. The van der Waals surface area contributed by atoms with Gasteiger partial charge in [0.2, 0.25) is 0 Å². The zero-order valence-corrected chi connectivity index (χ0v) is 12.7. The number of hydrogen-bond acceptors (Lipinski definition) is 2. The van der Waals surface area contributed by atoms with Gasteiger partial charge in [0.05, 0.1) is 23.1 Å². The van der Waals surface area contributed by atoms with Gasteiger partial charge in [-0.25, -0.2) is 9.07 Å². The lowest BCUT2D eigenvalue weighted by atomic mass is 10.1. The van der Waals surface area contributed by atoms with Crippen molar-refractivity contribution in [2.24, 2.45) is 0 Å². The van der Waals surface area contributed by atoms with Crippen molar-refractivity contribution >= 4 is 5.91 Å². The van der Waals surface area contributed by atoms with Crippen molar-refractivity contribution < 1.29 is 9.18 Å². The summed E-state index contributed by atoms with van der Waals surface area (Å²) < 4.78 is 14.8. The Labute approximate surface area is 129 Å². The number of carbonyl (C=O) groups is 1. The lowest BCUT2D eigenvalue weighted by Crippen LogP contribution is -2.33. The zero-order chi connectivity index (χ0) is 15.5. The molecule has 0 radical (unpaired) electrons. The lowest BCUT2D eigenvalue weighted by molar-refractivity contribution is 0.0937. The fourth-order valence-electron chi connectivity index (χ4n) is 3.04. The Morgan fingerprint density at radius 1 is 1.32 bits per heavy atom. The van der Waals surface area contributed by atoms with Crippen LogP contribution < -0.4 is 5.32 Å². The second kappa shape index (κ2) is 6.30. The van der Waals surface area contributed by atoms with Gasteiger partial charge in [-0.2, -0.15) is 5.10 Å². The fourth-order valence-corrected chi connectivity index (χ4v) is 3.04. The maximum absolute atomic E-state index is 13.1. The summed E-state index contributed by atoms with van der Waals surface area (Å²) in [5.41, 5.74) is 2.22. The van der Waals surface area contributed by atoms with Crippen molar-refractivity contribution in [3.8, 4) is 5.69 Å². The summed E-state index contributed by atoms with van der Waals surface area (Å²) >= 11 is 0. The van der Waals surface area contributed by atoms with Gasteiger partial charge >= 0.3 is 0 Å². The standard InChI is InChI=1S/C17H20FN3O/c1-2-16-15(17(22)20-13-5-3-4-6-13)11-19-21(16)14-9-7-12(18)8-10-14/h7-11,13H,2-6H2,1H3,(H,20,22). The molecule has 116 valence electrons. The van der Waals surface area contributed by atoms with E-state index in [9.17, 15) is 9.18 Å². The van der Waals surface area contributed by atoms with Crippen LogP contribution in [0.2, 0.25) is 0 Å². The second-order valence-electron chi connectivity index (χ2n) is 5.70. The highest BCUT2D eigenvalue weighted by atomic mass is 19.1. The van der Waals surface area contributed by atoms with Gasteiger partial charge in [-0.1, -0.05) is 19.8 Å². The highest BCUT2D eigenvalue weighted by Crippen LogP contribution is 2.20. The normalized spacial score (nSPS) is 15.2. The first-order valence-corrected chi connectivity index (χ1v) is 7.82. The molecule has 4 nitrogen and oxygen atoms in total. The molecule has 1 N–H and O–H groups in total. The van der Waals surface area contributed by atoms with E-state index in [0.29, 0.717) is 12.0 Å². The minimum atomic E-state index is -0.284. The number of hydrogen-bond donors (Lipinski definition) is 1. The van der Waals surface area contributed by atoms with Crippen LogP contribution in [0.25, 0.3) is 5.69 Å². The van der Waals surface area contributed by atoms with Crippen LogP contribution in [0, 0.1) is 5.82 Å². The van der Waals surface area contributed by atoms with E-state index in [0.717, 1.165) is 24.2 Å². The number of nitrogens with one attached hydrogen (secondary N) is 1. The molecule has 0 aliphatic heterocycles. The summed E-state index contributed by atoms with van der Waals surface area (Å²) in [6, 6.07) is 6.41. The van der Waals surface area contributed by atoms with Crippen LogP contribution in [-0.2, 0) is 6.42 Å². The summed E-state index contributed by atoms with van der Waals surface area (Å²) in [5, 5.41) is 7.41. The van der Waals surface area contributed by atoms with Crippen molar-refractivity contribution in [2.45, 2.75) is 45.1 Å². The van der Waals surface area contributed by atoms with Gasteiger partial charge in [0.15, 0.2) is 0 Å². The molecule has 1 aromatic carbocycles. The Morgan fingerprint density at radius 3 is 2.64 bits per heavy atom. The molecule has 1 heterocycles. The maximum atomic E-state index is 13.1. The molecule has 1 aliphatic rings. The molecule has 0 bridgehead atoms. The van der Waals surface area contributed by atoms with Gasteiger partial charge in [0.25, 0.3) is 5.91 Å². The number of carbonyl (C=O) groups excluding carboxylic acids is 1. The van der Waals surface area contributed by atoms with Crippen molar-refractivity contribution in [3.63, 3.8) is 0 Å². The third kappa shape index (κ3) is 2.89. The minimum Gasteiger partial charge on any atom is -0.349 e. The summed E-state index contributed by atoms with van der Waals surface area (Å²) in [6.45, 7) is 1.99. The molecule has 1 fully saturated rings. The van der Waals surface area contributed by atoms with Crippen LogP contribution in [-0.4, -0.2) is 21.7 Å². The Kier molecular flexibility index (Phi) is 4.22. The highest BCUT2D eigenvalue weighted by Gasteiger charge is 2.22. The molecule has 1 aromatic heterocycles. The van der Waals surface area contributed by atoms with E-state index in [-0.39, 0.29) is 17.8 Å². The molecule has 1 aliphatic carbocycles. The van der Waals surface area contributed by atoms with Crippen LogP contribution >= 0.6 is 0 Å². The predicted octanol–water partition coefficient (Wildman–Crippen LogP) is 3.25. The van der Waals surface area contributed by atoms with Gasteiger partial charge < -0.3 is 5.32 Å². The molecule has 3 rings (SSSR count). The molecule has 1 amide bonds. The average Bonchev–Trinajstić information content (AvgIpc) is 3.16. The molecule has 0 atom stereocenters. The molecular formula is C17H20FN3O. The second-order valence-corrected chi connectivity index (χ2v) is 5.70. The third-order valence-electron chi connectivity index (χ3n) is 4.21. The number of rotatable bonds is 4. The third-order valence-corrected chi connectivity index (χ3v) is 4.21. The fraction of sp³-hybridized carbons (Fsp3) is 0.412. The summed E-state index contributed by atoms with van der Waals surface area (Å²) in [4.78, 5) is 12.5. The van der Waals surface area contributed by atoms with E-state index in [2.05, 4.69) is 10.4 Å². The molecule has 22 heavy (non-hydrogen) atoms. The Morgan fingerprint density at radius 2 is 2.00 bits per heavy atom. The summed E-state index contributed by atoms with van der Waals surface area (Å²) in [5.74, 6) is -0.342. The topological polar surface area (TPSA) is 46.9 Å². The van der Waals surface area contributed by atoms with Crippen molar-refractivity contribution in [1.82, 2.24) is 15.1 Å². The number of halogens is 1. The first-order chi connectivity index (χ1) is 10.7. The minimum absolute atomic E-state index is 0.0582. The zero-order valence-electron chi connectivity index (χ0n) is 12.7. The van der Waals surface area contributed by atoms with E-state index in [1.54, 1.807) is 23.0 Å². The number of amides is 1. The number of aromatic nitrogens is 2. The molecule has 0 saturated heterocycles. The predicted molar refractivity (Wildman–Crippen MR) is 82.6 cm³/mol. The van der Waals surface area contributed by atoms with Crippen molar-refractivity contribution in [3.05, 3.63) is 47.5 Å². The van der Waals surface area contributed by atoms with Gasteiger partial charge in [-0.05, 0) is 43.5 Å². The Hall–Kier alpha value is -2.17. The first-order valence-electron chi connectivity index (χ1n) is 7.82. The molecule has 2 aromatic rings. The van der Waals surface area contributed by atoms with Crippen molar-refractivity contribution in [1.29, 1.82) is 0 Å². The number of benzene rings is 1. The molecule has 5 heteroatoms. The van der Waals surface area contributed by atoms with E-state index < -0.39 is 0 Å². The largest absolute Gasteiger partial charge is 0.349 e. The SMILES string of the molecule is CCc1c(C(=O)NC2CCCC2)cnn1-c1ccc(F)cc1. The van der Waals surface area contributed by atoms with E-state index in [1.165, 1.54) is 25.0 Å². The average molecular weight is 301 g/mol. The molecular weight excluding hydrogens is 281 g/mol. The van der Waals surface area contributed by atoms with Gasteiger partial charge in [-0.15, -0.1) is 0 Å². The molecule has 0 unspecified atom stereocenters. The van der Waals surface area contributed by atoms with Gasteiger partial charge in [-0.3, -0.25) is 4.79 Å². The van der Waals surface area contributed by atoms with Crippen molar-refractivity contribution in [2.75, 3.05) is 0 Å². The van der Waals surface area contributed by atoms with E-state index in [4.69, 9.17) is 0 Å². The van der Waals surface area contributed by atoms with Gasteiger partial charge in [0, 0.05) is 6.04 Å². The van der Waals surface area contributed by atoms with Crippen LogP contribution in [0.5, 0.6) is 0 Å². The van der Waals surface area contributed by atoms with Crippen LogP contribution in [0.1, 0.15) is 48.7 Å². The summed E-state index contributed by atoms with van der Waals surface area (Å²) in [7, 11) is 0. The summed E-state index contributed by atoms with van der Waals surface area (Å²) in [6.07, 6.45) is 6.76. The highest BCUT2D eigenvalue weighted by molar-refractivity contribution is 5.95. The van der Waals surface area contributed by atoms with E-state index >= 15 is 0 Å². The quantitative estimate of drug-likeness (QED) is 0.942. The van der Waals surface area contributed by atoms with E-state index in [1.807, 2.05) is 6.92 Å². The first kappa shape index (κ1) is 14.8. The maximum Gasteiger partial charge on any atom is 0.254 e. The molecule has 1 saturated carbocycles. The Balaban J connectivity index is 1.86. The lowest BCUT2D eigenvalue weighted by Gasteiger charge is -2.12. The van der Waals surface area contributed by atoms with Crippen LogP contribution in [0.15, 0.2) is 30.5 Å². The smallest absolute Gasteiger partial charge is 0.254 e.